The second kappa shape index (κ2) is 8.84. The van der Waals surface area contributed by atoms with Gasteiger partial charge >= 0.3 is 0 Å². The van der Waals surface area contributed by atoms with E-state index in [1.54, 1.807) is 14.2 Å². The van der Waals surface area contributed by atoms with Gasteiger partial charge in [-0.2, -0.15) is 0 Å². The Balaban J connectivity index is 1.38. The summed E-state index contributed by atoms with van der Waals surface area (Å²) in [7, 11) is 3.36. The van der Waals surface area contributed by atoms with Crippen LogP contribution >= 0.6 is 0 Å². The lowest BCUT2D eigenvalue weighted by Gasteiger charge is -2.57. The average molecular weight is 474 g/mol. The summed E-state index contributed by atoms with van der Waals surface area (Å²) in [4.78, 5) is 2.64. The molecule has 5 heterocycles. The molecule has 1 saturated carbocycles. The van der Waals surface area contributed by atoms with Crippen molar-refractivity contribution in [2.45, 2.75) is 101 Å². The fourth-order valence-corrected chi connectivity index (χ4v) is 7.65. The third-order valence-corrected chi connectivity index (χ3v) is 8.89. The summed E-state index contributed by atoms with van der Waals surface area (Å²) in [6.45, 7) is 5.05. The Morgan fingerprint density at radius 3 is 2.32 bits per heavy atom. The molecule has 0 unspecified atom stereocenters. The molecule has 34 heavy (non-hydrogen) atoms. The number of anilines is 1. The van der Waals surface area contributed by atoms with Crippen LogP contribution < -0.4 is 14.4 Å². The Kier molecular flexibility index (Phi) is 5.95. The zero-order valence-corrected chi connectivity index (χ0v) is 21.0. The summed E-state index contributed by atoms with van der Waals surface area (Å²) in [6.07, 6.45) is 8.57. The zero-order valence-electron chi connectivity index (χ0n) is 21.0. The van der Waals surface area contributed by atoms with Crippen LogP contribution in [0.25, 0.3) is 0 Å². The Labute approximate surface area is 203 Å². The van der Waals surface area contributed by atoms with Crippen LogP contribution in [0.1, 0.15) is 70.3 Å². The summed E-state index contributed by atoms with van der Waals surface area (Å²) < 4.78 is 35.8. The van der Waals surface area contributed by atoms with Gasteiger partial charge < -0.3 is 33.3 Å². The molecule has 188 valence electrons. The number of ether oxygens (including phenoxy) is 6. The molecule has 1 aromatic rings. The molecule has 1 aromatic carbocycles. The van der Waals surface area contributed by atoms with E-state index >= 15 is 0 Å². The van der Waals surface area contributed by atoms with Crippen molar-refractivity contribution < 1.29 is 28.4 Å². The predicted molar refractivity (Wildman–Crippen MR) is 128 cm³/mol. The fraction of sp³-hybridized carbons (Fsp3) is 0.778. The van der Waals surface area contributed by atoms with E-state index in [0.29, 0.717) is 42.9 Å². The smallest absolute Gasteiger partial charge is 0.188 e. The van der Waals surface area contributed by atoms with Gasteiger partial charge in [-0.1, -0.05) is 0 Å². The van der Waals surface area contributed by atoms with Gasteiger partial charge in [-0.05, 0) is 58.8 Å². The Hall–Kier alpha value is -1.54. The van der Waals surface area contributed by atoms with E-state index in [1.165, 1.54) is 11.3 Å². The van der Waals surface area contributed by atoms with Crippen molar-refractivity contribution in [1.29, 1.82) is 0 Å². The molecule has 7 rings (SSSR count). The van der Waals surface area contributed by atoms with Crippen LogP contribution in [0.15, 0.2) is 12.1 Å². The van der Waals surface area contributed by atoms with Crippen LogP contribution in [0.4, 0.5) is 5.69 Å². The molecule has 5 fully saturated rings. The van der Waals surface area contributed by atoms with Gasteiger partial charge in [0.05, 0.1) is 18.3 Å². The van der Waals surface area contributed by atoms with Crippen LogP contribution in [-0.2, 0) is 18.9 Å². The van der Waals surface area contributed by atoms with Gasteiger partial charge in [-0.25, -0.2) is 0 Å². The van der Waals surface area contributed by atoms with Crippen molar-refractivity contribution in [1.82, 2.24) is 0 Å². The summed E-state index contributed by atoms with van der Waals surface area (Å²) >= 11 is 0. The third-order valence-electron chi connectivity index (χ3n) is 8.89. The van der Waals surface area contributed by atoms with E-state index in [2.05, 4.69) is 30.9 Å². The second-order valence-electron chi connectivity index (χ2n) is 11.4. The molecule has 0 N–H and O–H groups in total. The van der Waals surface area contributed by atoms with Crippen molar-refractivity contribution in [3.63, 3.8) is 0 Å². The second-order valence-corrected chi connectivity index (χ2v) is 11.4. The Morgan fingerprint density at radius 2 is 1.65 bits per heavy atom. The van der Waals surface area contributed by atoms with Crippen LogP contribution in [-0.4, -0.2) is 63.8 Å². The molecule has 5 aliphatic heterocycles. The molecule has 6 aliphatic rings. The molecule has 0 spiro atoms. The number of piperidine rings is 2. The van der Waals surface area contributed by atoms with Gasteiger partial charge in [0.1, 0.15) is 23.9 Å². The average Bonchev–Trinajstić information content (AvgIpc) is 2.80. The molecular weight excluding hydrogens is 434 g/mol. The summed E-state index contributed by atoms with van der Waals surface area (Å²) in [5, 5.41) is 0. The maximum absolute atomic E-state index is 6.77. The highest BCUT2D eigenvalue weighted by atomic mass is 16.7. The van der Waals surface area contributed by atoms with Gasteiger partial charge in [-0.3, -0.25) is 0 Å². The first-order valence-electron chi connectivity index (χ1n) is 13.0. The van der Waals surface area contributed by atoms with E-state index in [4.69, 9.17) is 28.4 Å². The minimum absolute atomic E-state index is 0.186. The topological polar surface area (TPSA) is 58.6 Å². The highest BCUT2D eigenvalue weighted by Gasteiger charge is 2.50. The molecule has 4 saturated heterocycles. The Bertz CT molecular complexity index is 875. The number of rotatable bonds is 7. The van der Waals surface area contributed by atoms with Crippen molar-refractivity contribution >= 4 is 5.69 Å². The number of hydrogen-bond donors (Lipinski definition) is 0. The van der Waals surface area contributed by atoms with Gasteiger partial charge in [0.25, 0.3) is 0 Å². The lowest BCUT2D eigenvalue weighted by Crippen LogP contribution is -2.62. The maximum atomic E-state index is 6.77. The number of benzene rings is 1. The van der Waals surface area contributed by atoms with Gasteiger partial charge in [0.15, 0.2) is 6.79 Å². The van der Waals surface area contributed by atoms with E-state index < -0.39 is 0 Å². The maximum Gasteiger partial charge on any atom is 0.188 e. The number of fused-ring (bicyclic) bond motifs is 3. The number of nitrogens with zero attached hydrogens (tertiary/aromatic N) is 1. The summed E-state index contributed by atoms with van der Waals surface area (Å²) in [6, 6.07) is 5.61. The van der Waals surface area contributed by atoms with Gasteiger partial charge in [0.2, 0.25) is 0 Å². The monoisotopic (exact) mass is 473 g/mol. The number of methoxy groups -OCH3 is 2. The van der Waals surface area contributed by atoms with Crippen molar-refractivity contribution in [3.8, 4) is 11.5 Å². The van der Waals surface area contributed by atoms with Gasteiger partial charge in [0, 0.05) is 61.5 Å². The van der Waals surface area contributed by atoms with Crippen molar-refractivity contribution in [2.24, 2.45) is 5.92 Å². The van der Waals surface area contributed by atoms with E-state index in [9.17, 15) is 0 Å². The molecule has 3 atom stereocenters. The lowest BCUT2D eigenvalue weighted by atomic mass is 9.66. The molecule has 0 amide bonds. The lowest BCUT2D eigenvalue weighted by molar-refractivity contribution is -0.120. The van der Waals surface area contributed by atoms with Crippen LogP contribution in [0, 0.1) is 5.92 Å². The molecule has 7 nitrogen and oxygen atoms in total. The highest BCUT2D eigenvalue weighted by Crippen LogP contribution is 2.56. The molecular formula is C27H39NO6. The van der Waals surface area contributed by atoms with Crippen molar-refractivity contribution in [3.05, 3.63) is 17.7 Å². The Morgan fingerprint density at radius 1 is 0.941 bits per heavy atom. The third kappa shape index (κ3) is 3.89. The fourth-order valence-electron chi connectivity index (χ4n) is 7.65. The molecule has 7 heteroatoms. The minimum Gasteiger partial charge on any atom is -0.487 e. The quantitative estimate of drug-likeness (QED) is 0.536. The van der Waals surface area contributed by atoms with Crippen molar-refractivity contribution in [2.75, 3.05) is 32.7 Å². The first-order valence-corrected chi connectivity index (χ1v) is 13.0. The van der Waals surface area contributed by atoms with E-state index in [-0.39, 0.29) is 18.5 Å². The standard InChI is InChI=1S/C27H39NO6/c1-27(2)23-6-5-19(31-14-29-3)13-22(23)26-24(32-15-30-4)11-18(12-25(26)34-27)28-16-7-20-9-17(28)10-21(8-16)33-20/h11-12,16-17,19-23H,5-10,13-15H2,1-4H3/t16?,17?,19-,20?,21?,22-,23-/m1/s1. The first kappa shape index (κ1) is 22.9. The predicted octanol–water partition coefficient (Wildman–Crippen LogP) is 4.61. The molecule has 0 aromatic heterocycles. The highest BCUT2D eigenvalue weighted by molar-refractivity contribution is 5.64. The molecule has 1 aliphatic carbocycles. The van der Waals surface area contributed by atoms with E-state index in [1.807, 2.05) is 0 Å². The van der Waals surface area contributed by atoms with Crippen LogP contribution in [0.5, 0.6) is 11.5 Å². The van der Waals surface area contributed by atoms with Gasteiger partial charge in [-0.15, -0.1) is 0 Å². The summed E-state index contributed by atoms with van der Waals surface area (Å²) in [5.74, 6) is 2.60. The SMILES string of the molecule is COCOc1cc(N2C3CC4CC2CC(C3)O4)cc2c1[C@@H]1C[C@H](OCOC)CC[C@H]1C(C)(C)O2. The zero-order chi connectivity index (χ0) is 23.4. The largest absolute Gasteiger partial charge is 0.487 e. The minimum atomic E-state index is -0.242. The number of hydrogen-bond acceptors (Lipinski definition) is 7. The van der Waals surface area contributed by atoms with Crippen LogP contribution in [0.2, 0.25) is 0 Å². The van der Waals surface area contributed by atoms with Crippen LogP contribution in [0.3, 0.4) is 0 Å². The molecule has 0 radical (unpaired) electrons. The van der Waals surface area contributed by atoms with E-state index in [0.717, 1.165) is 56.4 Å². The normalized spacial score (nSPS) is 37.2. The molecule has 4 bridgehead atoms. The first-order chi connectivity index (χ1) is 16.5. The summed E-state index contributed by atoms with van der Waals surface area (Å²) in [5.41, 5.74) is 2.16.